The van der Waals surface area contributed by atoms with Crippen LogP contribution in [-0.4, -0.2) is 25.1 Å². The van der Waals surface area contributed by atoms with Gasteiger partial charge < -0.3 is 9.64 Å². The molecule has 3 heteroatoms. The van der Waals surface area contributed by atoms with Crippen molar-refractivity contribution in [3.63, 3.8) is 0 Å². The van der Waals surface area contributed by atoms with Crippen LogP contribution in [-0.2, 0) is 13.0 Å². The Hall–Kier alpha value is -1.53. The van der Waals surface area contributed by atoms with Gasteiger partial charge in [0.1, 0.15) is 5.75 Å². The molecule has 0 saturated heterocycles. The molecule has 0 fully saturated rings. The van der Waals surface area contributed by atoms with E-state index in [1.54, 1.807) is 0 Å². The number of benzene rings is 1. The SMILES string of the molecule is CN(CCCC#N)Cc1ccc2c(c1)CCO2. The Bertz CT molecular complexity index is 423. The van der Waals surface area contributed by atoms with Crippen LogP contribution >= 0.6 is 0 Å². The fourth-order valence-electron chi connectivity index (χ4n) is 2.16. The lowest BCUT2D eigenvalue weighted by Gasteiger charge is -2.16. The van der Waals surface area contributed by atoms with Crippen molar-refractivity contribution >= 4 is 0 Å². The third-order valence-electron chi connectivity index (χ3n) is 3.03. The number of hydrogen-bond donors (Lipinski definition) is 0. The third kappa shape index (κ3) is 3.21. The minimum Gasteiger partial charge on any atom is -0.493 e. The molecule has 90 valence electrons. The highest BCUT2D eigenvalue weighted by Crippen LogP contribution is 2.26. The maximum Gasteiger partial charge on any atom is 0.122 e. The summed E-state index contributed by atoms with van der Waals surface area (Å²) in [6.07, 6.45) is 2.62. The van der Waals surface area contributed by atoms with Crippen molar-refractivity contribution in [2.45, 2.75) is 25.8 Å². The van der Waals surface area contributed by atoms with Crippen LogP contribution in [0.4, 0.5) is 0 Å². The number of nitrogens with zero attached hydrogens (tertiary/aromatic N) is 2. The summed E-state index contributed by atoms with van der Waals surface area (Å²) in [6.45, 7) is 2.73. The Balaban J connectivity index is 1.88. The smallest absolute Gasteiger partial charge is 0.122 e. The number of unbranched alkanes of at least 4 members (excludes halogenated alkanes) is 1. The Labute approximate surface area is 103 Å². The van der Waals surface area contributed by atoms with Gasteiger partial charge in [-0.15, -0.1) is 0 Å². The van der Waals surface area contributed by atoms with Crippen LogP contribution in [0.3, 0.4) is 0 Å². The molecule has 0 atom stereocenters. The summed E-state index contributed by atoms with van der Waals surface area (Å²) in [5.41, 5.74) is 2.65. The fourth-order valence-corrected chi connectivity index (χ4v) is 2.16. The van der Waals surface area contributed by atoms with Gasteiger partial charge in [0.2, 0.25) is 0 Å². The van der Waals surface area contributed by atoms with Crippen LogP contribution in [0.15, 0.2) is 18.2 Å². The fraction of sp³-hybridized carbons (Fsp3) is 0.500. The average molecular weight is 230 g/mol. The van der Waals surface area contributed by atoms with E-state index < -0.39 is 0 Å². The molecule has 0 N–H and O–H groups in total. The topological polar surface area (TPSA) is 36.3 Å². The largest absolute Gasteiger partial charge is 0.493 e. The number of rotatable bonds is 5. The van der Waals surface area contributed by atoms with Gasteiger partial charge in [-0.25, -0.2) is 0 Å². The van der Waals surface area contributed by atoms with Gasteiger partial charge in [0.25, 0.3) is 0 Å². The minimum atomic E-state index is 0.641. The van der Waals surface area contributed by atoms with E-state index in [1.165, 1.54) is 11.1 Å². The van der Waals surface area contributed by atoms with E-state index in [2.05, 4.69) is 36.2 Å². The molecule has 0 amide bonds. The molecule has 1 heterocycles. The second-order valence-electron chi connectivity index (χ2n) is 4.54. The first-order valence-corrected chi connectivity index (χ1v) is 6.09. The van der Waals surface area contributed by atoms with Gasteiger partial charge in [-0.2, -0.15) is 5.26 Å². The van der Waals surface area contributed by atoms with E-state index in [0.29, 0.717) is 6.42 Å². The molecular formula is C14H18N2O. The first-order valence-electron chi connectivity index (χ1n) is 6.09. The molecule has 3 nitrogen and oxygen atoms in total. The van der Waals surface area contributed by atoms with E-state index in [0.717, 1.165) is 38.3 Å². The van der Waals surface area contributed by atoms with Crippen molar-refractivity contribution in [3.8, 4) is 11.8 Å². The third-order valence-corrected chi connectivity index (χ3v) is 3.03. The summed E-state index contributed by atoms with van der Waals surface area (Å²) in [5.74, 6) is 1.04. The van der Waals surface area contributed by atoms with E-state index in [9.17, 15) is 0 Å². The predicted octanol–water partition coefficient (Wildman–Crippen LogP) is 2.36. The van der Waals surface area contributed by atoms with Crippen molar-refractivity contribution in [1.29, 1.82) is 5.26 Å². The second-order valence-corrected chi connectivity index (χ2v) is 4.54. The first kappa shape index (κ1) is 11.9. The molecule has 0 aliphatic carbocycles. The van der Waals surface area contributed by atoms with Crippen molar-refractivity contribution < 1.29 is 4.74 Å². The molecule has 2 rings (SSSR count). The maximum atomic E-state index is 8.49. The standard InChI is InChI=1S/C14H18N2O/c1-16(8-3-2-7-15)11-12-4-5-14-13(10-12)6-9-17-14/h4-5,10H,2-3,6,8-9,11H2,1H3. The van der Waals surface area contributed by atoms with Gasteiger partial charge in [0, 0.05) is 19.4 Å². The molecule has 0 bridgehead atoms. The highest BCUT2D eigenvalue weighted by atomic mass is 16.5. The number of fused-ring (bicyclic) bond motifs is 1. The van der Waals surface area contributed by atoms with Crippen LogP contribution < -0.4 is 4.74 Å². The van der Waals surface area contributed by atoms with Gasteiger partial charge >= 0.3 is 0 Å². The summed E-state index contributed by atoms with van der Waals surface area (Å²) >= 11 is 0. The number of hydrogen-bond acceptors (Lipinski definition) is 3. The minimum absolute atomic E-state index is 0.641. The number of nitriles is 1. The van der Waals surface area contributed by atoms with Crippen LogP contribution in [0.1, 0.15) is 24.0 Å². The van der Waals surface area contributed by atoms with Crippen molar-refractivity contribution in [3.05, 3.63) is 29.3 Å². The zero-order chi connectivity index (χ0) is 12.1. The van der Waals surface area contributed by atoms with E-state index in [-0.39, 0.29) is 0 Å². The molecule has 1 aromatic carbocycles. The molecular weight excluding hydrogens is 212 g/mol. The summed E-state index contributed by atoms with van der Waals surface area (Å²) in [4.78, 5) is 2.26. The van der Waals surface area contributed by atoms with Crippen molar-refractivity contribution in [1.82, 2.24) is 4.90 Å². The summed E-state index contributed by atoms with van der Waals surface area (Å²) in [5, 5.41) is 8.49. The molecule has 0 radical (unpaired) electrons. The Kier molecular flexibility index (Phi) is 4.00. The Morgan fingerprint density at radius 3 is 3.18 bits per heavy atom. The lowest BCUT2D eigenvalue weighted by Crippen LogP contribution is -2.18. The summed E-state index contributed by atoms with van der Waals surface area (Å²) in [7, 11) is 2.10. The summed E-state index contributed by atoms with van der Waals surface area (Å²) in [6, 6.07) is 8.62. The van der Waals surface area contributed by atoms with E-state index >= 15 is 0 Å². The normalized spacial score (nSPS) is 13.2. The zero-order valence-electron chi connectivity index (χ0n) is 10.3. The van der Waals surface area contributed by atoms with Crippen LogP contribution in [0.5, 0.6) is 5.75 Å². The van der Waals surface area contributed by atoms with E-state index in [4.69, 9.17) is 10.00 Å². The first-order chi connectivity index (χ1) is 8.29. The van der Waals surface area contributed by atoms with E-state index in [1.807, 2.05) is 0 Å². The van der Waals surface area contributed by atoms with Gasteiger partial charge in [-0.3, -0.25) is 0 Å². The molecule has 0 unspecified atom stereocenters. The van der Waals surface area contributed by atoms with Gasteiger partial charge in [-0.05, 0) is 37.2 Å². The highest BCUT2D eigenvalue weighted by Gasteiger charge is 2.12. The lowest BCUT2D eigenvalue weighted by atomic mass is 10.1. The van der Waals surface area contributed by atoms with Crippen LogP contribution in [0, 0.1) is 11.3 Å². The van der Waals surface area contributed by atoms with Crippen LogP contribution in [0.25, 0.3) is 0 Å². The van der Waals surface area contributed by atoms with Gasteiger partial charge in [0.15, 0.2) is 0 Å². The molecule has 0 spiro atoms. The lowest BCUT2D eigenvalue weighted by molar-refractivity contribution is 0.323. The zero-order valence-corrected chi connectivity index (χ0v) is 10.3. The van der Waals surface area contributed by atoms with Crippen molar-refractivity contribution in [2.75, 3.05) is 20.2 Å². The molecule has 17 heavy (non-hydrogen) atoms. The monoisotopic (exact) mass is 230 g/mol. The maximum absolute atomic E-state index is 8.49. The quantitative estimate of drug-likeness (QED) is 0.728. The van der Waals surface area contributed by atoms with Crippen LogP contribution in [0.2, 0.25) is 0 Å². The predicted molar refractivity (Wildman–Crippen MR) is 66.8 cm³/mol. The molecule has 1 aliphatic rings. The summed E-state index contributed by atoms with van der Waals surface area (Å²) < 4.78 is 5.49. The van der Waals surface area contributed by atoms with Gasteiger partial charge in [-0.1, -0.05) is 12.1 Å². The molecule has 1 aliphatic heterocycles. The molecule has 0 aromatic heterocycles. The highest BCUT2D eigenvalue weighted by molar-refractivity contribution is 5.39. The average Bonchev–Trinajstić information content (AvgIpc) is 2.76. The number of ether oxygens (including phenoxy) is 1. The molecule has 1 aromatic rings. The van der Waals surface area contributed by atoms with Crippen molar-refractivity contribution in [2.24, 2.45) is 0 Å². The Morgan fingerprint density at radius 2 is 2.35 bits per heavy atom. The van der Waals surface area contributed by atoms with Gasteiger partial charge in [0.05, 0.1) is 12.7 Å². The Morgan fingerprint density at radius 1 is 1.47 bits per heavy atom. The second kappa shape index (κ2) is 5.70. The molecule has 0 saturated carbocycles.